The number of ether oxygens (including phenoxy) is 1. The van der Waals surface area contributed by atoms with E-state index in [0.717, 1.165) is 23.6 Å². The highest BCUT2D eigenvalue weighted by Gasteiger charge is 2.22. The number of aromatic nitrogens is 3. The second-order valence-corrected chi connectivity index (χ2v) is 5.72. The molecule has 0 unspecified atom stereocenters. The summed E-state index contributed by atoms with van der Waals surface area (Å²) in [7, 11) is 0. The van der Waals surface area contributed by atoms with Crippen molar-refractivity contribution in [2.24, 2.45) is 5.73 Å². The standard InChI is InChI=1S/C16H20N6O2/c1-10-7-12(21-15-13(14(17)23)18-3-4-19-15)8-20-16(10)22-5-6-24-9-11(22)2/h3-4,7-8,11H,5-6,9H2,1-2H3,(H2,17,23)(H,19,21)/t11-/m1/s1. The summed E-state index contributed by atoms with van der Waals surface area (Å²) < 4.78 is 5.47. The van der Waals surface area contributed by atoms with E-state index in [-0.39, 0.29) is 11.7 Å². The molecule has 126 valence electrons. The van der Waals surface area contributed by atoms with E-state index in [1.807, 2.05) is 13.0 Å². The number of amides is 1. The van der Waals surface area contributed by atoms with E-state index in [4.69, 9.17) is 10.5 Å². The quantitative estimate of drug-likeness (QED) is 0.870. The van der Waals surface area contributed by atoms with Crippen LogP contribution in [-0.4, -0.2) is 46.7 Å². The van der Waals surface area contributed by atoms with Gasteiger partial charge in [-0.05, 0) is 25.5 Å². The first-order valence-corrected chi connectivity index (χ1v) is 7.75. The van der Waals surface area contributed by atoms with Crippen LogP contribution in [0.2, 0.25) is 0 Å². The van der Waals surface area contributed by atoms with Gasteiger partial charge in [0.1, 0.15) is 5.82 Å². The SMILES string of the molecule is Cc1cc(Nc2nccnc2C(N)=O)cnc1N1CCOC[C@H]1C. The lowest BCUT2D eigenvalue weighted by atomic mass is 10.2. The molecule has 0 saturated carbocycles. The van der Waals surface area contributed by atoms with Gasteiger partial charge < -0.3 is 20.7 Å². The van der Waals surface area contributed by atoms with E-state index in [2.05, 4.69) is 32.1 Å². The van der Waals surface area contributed by atoms with E-state index in [0.29, 0.717) is 19.0 Å². The maximum atomic E-state index is 11.4. The van der Waals surface area contributed by atoms with E-state index in [1.165, 1.54) is 12.4 Å². The fourth-order valence-electron chi connectivity index (χ4n) is 2.72. The summed E-state index contributed by atoms with van der Waals surface area (Å²) in [6, 6.07) is 2.24. The molecule has 0 spiro atoms. The molecule has 1 aliphatic rings. The molecule has 2 aromatic heterocycles. The second kappa shape index (κ2) is 6.79. The Labute approximate surface area is 140 Å². The Balaban J connectivity index is 1.84. The first-order chi connectivity index (χ1) is 11.6. The van der Waals surface area contributed by atoms with Crippen molar-refractivity contribution in [3.8, 4) is 0 Å². The molecule has 0 aromatic carbocycles. The number of hydrogen-bond acceptors (Lipinski definition) is 7. The van der Waals surface area contributed by atoms with Crippen molar-refractivity contribution in [2.75, 3.05) is 30.0 Å². The number of pyridine rings is 1. The van der Waals surface area contributed by atoms with Gasteiger partial charge in [0.2, 0.25) is 0 Å². The Hall–Kier alpha value is -2.74. The number of carbonyl (C=O) groups is 1. The summed E-state index contributed by atoms with van der Waals surface area (Å²) in [4.78, 5) is 26.3. The number of rotatable bonds is 4. The molecule has 1 atom stereocenters. The predicted molar refractivity (Wildman–Crippen MR) is 90.4 cm³/mol. The number of hydrogen-bond donors (Lipinski definition) is 2. The van der Waals surface area contributed by atoms with Crippen molar-refractivity contribution in [1.82, 2.24) is 15.0 Å². The number of aryl methyl sites for hydroxylation is 1. The topological polar surface area (TPSA) is 106 Å². The molecule has 3 heterocycles. The molecule has 0 aliphatic carbocycles. The van der Waals surface area contributed by atoms with Crippen LogP contribution in [0.1, 0.15) is 23.0 Å². The van der Waals surface area contributed by atoms with Crippen molar-refractivity contribution in [2.45, 2.75) is 19.9 Å². The Morgan fingerprint density at radius 3 is 2.88 bits per heavy atom. The van der Waals surface area contributed by atoms with Gasteiger partial charge in [-0.3, -0.25) is 4.79 Å². The van der Waals surface area contributed by atoms with Crippen molar-refractivity contribution in [3.05, 3.63) is 35.9 Å². The molecule has 3 N–H and O–H groups in total. The van der Waals surface area contributed by atoms with Crippen LogP contribution < -0.4 is 16.0 Å². The summed E-state index contributed by atoms with van der Waals surface area (Å²) in [5, 5.41) is 3.06. The minimum Gasteiger partial charge on any atom is -0.377 e. The summed E-state index contributed by atoms with van der Waals surface area (Å²) in [6.45, 7) is 6.33. The molecule has 8 heteroatoms. The van der Waals surface area contributed by atoms with Crippen LogP contribution in [0.25, 0.3) is 0 Å². The molecule has 1 amide bonds. The van der Waals surface area contributed by atoms with Crippen LogP contribution >= 0.6 is 0 Å². The smallest absolute Gasteiger partial charge is 0.271 e. The Morgan fingerprint density at radius 2 is 2.17 bits per heavy atom. The van der Waals surface area contributed by atoms with Gasteiger partial charge in [-0.25, -0.2) is 15.0 Å². The van der Waals surface area contributed by atoms with Crippen LogP contribution in [0.15, 0.2) is 24.7 Å². The summed E-state index contributed by atoms with van der Waals surface area (Å²) >= 11 is 0. The Kier molecular flexibility index (Phi) is 4.57. The van der Waals surface area contributed by atoms with E-state index >= 15 is 0 Å². The van der Waals surface area contributed by atoms with Gasteiger partial charge >= 0.3 is 0 Å². The molecule has 1 fully saturated rings. The average molecular weight is 328 g/mol. The third-order valence-electron chi connectivity index (χ3n) is 3.88. The van der Waals surface area contributed by atoms with Crippen LogP contribution in [0.5, 0.6) is 0 Å². The lowest BCUT2D eigenvalue weighted by molar-refractivity contribution is 0.0984. The zero-order chi connectivity index (χ0) is 17.1. The molecule has 0 radical (unpaired) electrons. The third-order valence-corrected chi connectivity index (χ3v) is 3.88. The molecular formula is C16H20N6O2. The minimum atomic E-state index is -0.631. The highest BCUT2D eigenvalue weighted by Crippen LogP contribution is 2.25. The van der Waals surface area contributed by atoms with E-state index < -0.39 is 5.91 Å². The number of anilines is 3. The Bertz CT molecular complexity index is 751. The lowest BCUT2D eigenvalue weighted by Crippen LogP contribution is -2.44. The van der Waals surface area contributed by atoms with Gasteiger partial charge in [0.15, 0.2) is 11.5 Å². The first kappa shape index (κ1) is 16.1. The fraction of sp³-hybridized carbons (Fsp3) is 0.375. The van der Waals surface area contributed by atoms with Gasteiger partial charge in [0, 0.05) is 18.9 Å². The van der Waals surface area contributed by atoms with Gasteiger partial charge in [0.05, 0.1) is 31.1 Å². The number of nitrogens with one attached hydrogen (secondary N) is 1. The van der Waals surface area contributed by atoms with Gasteiger partial charge in [-0.2, -0.15) is 0 Å². The summed E-state index contributed by atoms with van der Waals surface area (Å²) in [5.74, 6) is 0.623. The number of primary amides is 1. The fourth-order valence-corrected chi connectivity index (χ4v) is 2.72. The molecule has 0 bridgehead atoms. The normalized spacial score (nSPS) is 17.6. The molecule has 3 rings (SSSR count). The molecule has 2 aromatic rings. The maximum absolute atomic E-state index is 11.4. The van der Waals surface area contributed by atoms with Gasteiger partial charge in [-0.15, -0.1) is 0 Å². The zero-order valence-electron chi connectivity index (χ0n) is 13.7. The third kappa shape index (κ3) is 3.28. The first-order valence-electron chi connectivity index (χ1n) is 7.75. The highest BCUT2D eigenvalue weighted by atomic mass is 16.5. The number of nitrogens with two attached hydrogens (primary N) is 1. The van der Waals surface area contributed by atoms with Crippen LogP contribution in [-0.2, 0) is 4.74 Å². The van der Waals surface area contributed by atoms with E-state index in [9.17, 15) is 4.79 Å². The average Bonchev–Trinajstić information content (AvgIpc) is 2.56. The second-order valence-electron chi connectivity index (χ2n) is 5.72. The predicted octanol–water partition coefficient (Wildman–Crippen LogP) is 1.25. The summed E-state index contributed by atoms with van der Waals surface area (Å²) in [5.41, 5.74) is 7.17. The molecule has 1 aliphatic heterocycles. The largest absolute Gasteiger partial charge is 0.377 e. The van der Waals surface area contributed by atoms with Crippen molar-refractivity contribution in [1.29, 1.82) is 0 Å². The number of carbonyl (C=O) groups excluding carboxylic acids is 1. The van der Waals surface area contributed by atoms with Crippen molar-refractivity contribution >= 4 is 23.2 Å². The lowest BCUT2D eigenvalue weighted by Gasteiger charge is -2.35. The van der Waals surface area contributed by atoms with Crippen LogP contribution in [0.3, 0.4) is 0 Å². The molecular weight excluding hydrogens is 308 g/mol. The van der Waals surface area contributed by atoms with E-state index in [1.54, 1.807) is 6.20 Å². The van der Waals surface area contributed by atoms with Crippen LogP contribution in [0.4, 0.5) is 17.3 Å². The number of nitrogens with zero attached hydrogens (tertiary/aromatic N) is 4. The van der Waals surface area contributed by atoms with Crippen molar-refractivity contribution < 1.29 is 9.53 Å². The molecule has 8 nitrogen and oxygen atoms in total. The van der Waals surface area contributed by atoms with Crippen molar-refractivity contribution in [3.63, 3.8) is 0 Å². The minimum absolute atomic E-state index is 0.0982. The van der Waals surface area contributed by atoms with Gasteiger partial charge in [-0.1, -0.05) is 0 Å². The summed E-state index contributed by atoms with van der Waals surface area (Å²) in [6.07, 6.45) is 4.64. The molecule has 1 saturated heterocycles. The Morgan fingerprint density at radius 1 is 1.38 bits per heavy atom. The highest BCUT2D eigenvalue weighted by molar-refractivity contribution is 5.96. The molecule has 24 heavy (non-hydrogen) atoms. The number of morpholine rings is 1. The van der Waals surface area contributed by atoms with Gasteiger partial charge in [0.25, 0.3) is 5.91 Å². The zero-order valence-corrected chi connectivity index (χ0v) is 13.7. The van der Waals surface area contributed by atoms with Crippen LogP contribution in [0, 0.1) is 6.92 Å². The monoisotopic (exact) mass is 328 g/mol. The maximum Gasteiger partial charge on any atom is 0.271 e.